The van der Waals surface area contributed by atoms with Gasteiger partial charge in [0, 0.05) is 16.1 Å². The quantitative estimate of drug-likeness (QED) is 0.351. The monoisotopic (exact) mass is 454 g/mol. The van der Waals surface area contributed by atoms with Crippen LogP contribution >= 0.6 is 23.2 Å². The third-order valence-electron chi connectivity index (χ3n) is 4.49. The fourth-order valence-electron chi connectivity index (χ4n) is 2.94. The van der Waals surface area contributed by atoms with E-state index in [1.165, 1.54) is 0 Å². The lowest BCUT2D eigenvalue weighted by molar-refractivity contribution is -0.147. The summed E-state index contributed by atoms with van der Waals surface area (Å²) in [6, 6.07) is 19.1. The number of esters is 1. The number of fused-ring (bicyclic) bond motifs is 1. The number of carbonyl (C=O) groups is 2. The van der Waals surface area contributed by atoms with Gasteiger partial charge in [-0.25, -0.2) is 4.79 Å². The van der Waals surface area contributed by atoms with Crippen molar-refractivity contribution in [3.63, 3.8) is 0 Å². The first-order valence-electron chi connectivity index (χ1n) is 9.35. The van der Waals surface area contributed by atoms with E-state index in [1.807, 2.05) is 30.3 Å². The van der Waals surface area contributed by atoms with Crippen LogP contribution in [-0.2, 0) is 16.1 Å². The van der Waals surface area contributed by atoms with Crippen LogP contribution in [0.2, 0.25) is 10.0 Å². The molecule has 1 aliphatic heterocycles. The number of Topliss-reactive ketones (excluding diaryl/α,β-unsaturated/α-hetero) is 1. The number of carbonyl (C=O) groups excluding carboxylic acids is 2. The third kappa shape index (κ3) is 5.08. The Morgan fingerprint density at radius 1 is 1.00 bits per heavy atom. The molecule has 0 N–H and O–H groups in total. The molecule has 0 bridgehead atoms. The summed E-state index contributed by atoms with van der Waals surface area (Å²) in [6.45, 7) is -0.0884. The highest BCUT2D eigenvalue weighted by molar-refractivity contribution is 6.35. The van der Waals surface area contributed by atoms with E-state index in [1.54, 1.807) is 42.5 Å². The van der Waals surface area contributed by atoms with Gasteiger partial charge in [-0.1, -0.05) is 59.6 Å². The van der Waals surface area contributed by atoms with Crippen molar-refractivity contribution in [1.82, 2.24) is 0 Å². The van der Waals surface area contributed by atoms with Crippen molar-refractivity contribution in [3.05, 3.63) is 99.2 Å². The predicted molar refractivity (Wildman–Crippen MR) is 118 cm³/mol. The second-order valence-electron chi connectivity index (χ2n) is 6.70. The smallest absolute Gasteiger partial charge is 0.344 e. The fourth-order valence-corrected chi connectivity index (χ4v) is 3.40. The number of hydrogen-bond donors (Lipinski definition) is 0. The highest BCUT2D eigenvalue weighted by atomic mass is 35.5. The lowest BCUT2D eigenvalue weighted by Crippen LogP contribution is -2.14. The van der Waals surface area contributed by atoms with Crippen LogP contribution in [0, 0.1) is 0 Å². The van der Waals surface area contributed by atoms with E-state index in [2.05, 4.69) is 0 Å². The van der Waals surface area contributed by atoms with Crippen LogP contribution in [0.1, 0.15) is 21.5 Å². The summed E-state index contributed by atoms with van der Waals surface area (Å²) in [5.74, 6) is 0.0956. The number of rotatable bonds is 6. The lowest BCUT2D eigenvalue weighted by atomic mass is 10.1. The van der Waals surface area contributed by atoms with Crippen molar-refractivity contribution in [2.75, 3.05) is 6.61 Å². The summed E-state index contributed by atoms with van der Waals surface area (Å²) in [7, 11) is 0. The van der Waals surface area contributed by atoms with Gasteiger partial charge < -0.3 is 14.2 Å². The Balaban J connectivity index is 1.39. The van der Waals surface area contributed by atoms with Crippen LogP contribution in [0.15, 0.2) is 72.5 Å². The molecule has 0 aromatic heterocycles. The molecule has 0 atom stereocenters. The van der Waals surface area contributed by atoms with Crippen LogP contribution in [0.3, 0.4) is 0 Å². The van der Waals surface area contributed by atoms with Gasteiger partial charge in [-0.3, -0.25) is 4.79 Å². The van der Waals surface area contributed by atoms with Gasteiger partial charge >= 0.3 is 5.97 Å². The molecule has 1 aliphatic rings. The number of benzene rings is 3. The van der Waals surface area contributed by atoms with Gasteiger partial charge in [0.25, 0.3) is 0 Å². The van der Waals surface area contributed by atoms with Crippen molar-refractivity contribution in [1.29, 1.82) is 0 Å². The number of ketones is 1. The molecule has 31 heavy (non-hydrogen) atoms. The topological polar surface area (TPSA) is 61.8 Å². The summed E-state index contributed by atoms with van der Waals surface area (Å²) < 4.78 is 16.3. The Morgan fingerprint density at radius 2 is 1.81 bits per heavy atom. The maximum Gasteiger partial charge on any atom is 0.344 e. The van der Waals surface area contributed by atoms with Gasteiger partial charge in [-0.15, -0.1) is 0 Å². The zero-order valence-electron chi connectivity index (χ0n) is 16.1. The molecule has 0 radical (unpaired) electrons. The van der Waals surface area contributed by atoms with E-state index in [-0.39, 0.29) is 24.8 Å². The summed E-state index contributed by atoms with van der Waals surface area (Å²) in [5.41, 5.74) is 1.90. The summed E-state index contributed by atoms with van der Waals surface area (Å²) in [6.07, 6.45) is 1.56. The number of ether oxygens (including phenoxy) is 3. The zero-order chi connectivity index (χ0) is 21.8. The van der Waals surface area contributed by atoms with Gasteiger partial charge in [-0.2, -0.15) is 0 Å². The van der Waals surface area contributed by atoms with Crippen molar-refractivity contribution in [2.45, 2.75) is 6.61 Å². The predicted octanol–water partition coefficient (Wildman–Crippen LogP) is 5.73. The van der Waals surface area contributed by atoms with E-state index >= 15 is 0 Å². The molecule has 156 valence electrons. The normalized spacial score (nSPS) is 13.6. The van der Waals surface area contributed by atoms with Crippen LogP contribution in [0.5, 0.6) is 11.5 Å². The molecule has 0 fully saturated rings. The highest BCUT2D eigenvalue weighted by Crippen LogP contribution is 2.35. The maximum absolute atomic E-state index is 12.6. The molecule has 0 unspecified atom stereocenters. The average molecular weight is 455 g/mol. The fraction of sp³-hybridized carbons (Fsp3) is 0.0833. The molecule has 3 aromatic rings. The molecule has 0 spiro atoms. The summed E-state index contributed by atoms with van der Waals surface area (Å²) >= 11 is 12.1. The second kappa shape index (κ2) is 9.25. The van der Waals surface area contributed by atoms with Gasteiger partial charge in [0.1, 0.15) is 18.1 Å². The average Bonchev–Trinajstić information content (AvgIpc) is 3.08. The Morgan fingerprint density at radius 3 is 2.58 bits per heavy atom. The van der Waals surface area contributed by atoms with Crippen molar-refractivity contribution < 1.29 is 23.8 Å². The molecule has 0 amide bonds. The zero-order valence-corrected chi connectivity index (χ0v) is 17.7. The second-order valence-corrected chi connectivity index (χ2v) is 7.54. The van der Waals surface area contributed by atoms with E-state index in [0.29, 0.717) is 32.7 Å². The Labute approximate surface area is 188 Å². The maximum atomic E-state index is 12.6. The van der Waals surface area contributed by atoms with E-state index in [4.69, 9.17) is 37.4 Å². The molecule has 1 heterocycles. The molecule has 0 aliphatic carbocycles. The minimum absolute atomic E-state index is 0.138. The highest BCUT2D eigenvalue weighted by Gasteiger charge is 2.28. The Bertz CT molecular complexity index is 1170. The summed E-state index contributed by atoms with van der Waals surface area (Å²) in [5, 5.41) is 0.906. The van der Waals surface area contributed by atoms with E-state index in [9.17, 15) is 9.59 Å². The first-order chi connectivity index (χ1) is 15.0. The van der Waals surface area contributed by atoms with E-state index < -0.39 is 5.97 Å². The van der Waals surface area contributed by atoms with Crippen LogP contribution in [0.4, 0.5) is 0 Å². The SMILES string of the molecule is O=C(COc1ccc2c(c1)OC(=Cc1ccc(Cl)cc1Cl)C2=O)OCc1ccccc1. The molecule has 3 aromatic carbocycles. The Kier molecular flexibility index (Phi) is 6.26. The minimum atomic E-state index is -0.501. The first-order valence-corrected chi connectivity index (χ1v) is 10.1. The van der Waals surface area contributed by atoms with Crippen LogP contribution in [-0.4, -0.2) is 18.4 Å². The standard InChI is InChI=1S/C24H16Cl2O5/c25-17-7-6-16(20(26)11-17)10-22-24(28)19-9-8-18(12-21(19)31-22)29-14-23(27)30-13-15-4-2-1-3-5-15/h1-12H,13-14H2. The number of halogens is 2. The number of allylic oxidation sites excluding steroid dienone is 1. The van der Waals surface area contributed by atoms with Crippen LogP contribution < -0.4 is 9.47 Å². The molecule has 7 heteroatoms. The molecule has 0 saturated carbocycles. The molecule has 4 rings (SSSR count). The van der Waals surface area contributed by atoms with Crippen LogP contribution in [0.25, 0.3) is 6.08 Å². The minimum Gasteiger partial charge on any atom is -0.482 e. The van der Waals surface area contributed by atoms with Gasteiger partial charge in [0.05, 0.1) is 5.56 Å². The molecule has 0 saturated heterocycles. The van der Waals surface area contributed by atoms with E-state index in [0.717, 1.165) is 5.56 Å². The summed E-state index contributed by atoms with van der Waals surface area (Å²) in [4.78, 5) is 24.5. The first kappa shape index (κ1) is 21.0. The molecular weight excluding hydrogens is 439 g/mol. The molecular formula is C24H16Cl2O5. The van der Waals surface area contributed by atoms with Crippen molar-refractivity contribution in [2.24, 2.45) is 0 Å². The third-order valence-corrected chi connectivity index (χ3v) is 5.05. The molecule has 5 nitrogen and oxygen atoms in total. The largest absolute Gasteiger partial charge is 0.482 e. The van der Waals surface area contributed by atoms with Gasteiger partial charge in [-0.05, 0) is 41.5 Å². The lowest BCUT2D eigenvalue weighted by Gasteiger charge is -2.08. The van der Waals surface area contributed by atoms with Gasteiger partial charge in [0.2, 0.25) is 5.78 Å². The number of hydrogen-bond acceptors (Lipinski definition) is 5. The van der Waals surface area contributed by atoms with Crippen molar-refractivity contribution in [3.8, 4) is 11.5 Å². The Hall–Kier alpha value is -3.28. The van der Waals surface area contributed by atoms with Gasteiger partial charge in [0.15, 0.2) is 12.4 Å². The van der Waals surface area contributed by atoms with Crippen molar-refractivity contribution >= 4 is 41.0 Å².